The summed E-state index contributed by atoms with van der Waals surface area (Å²) in [7, 11) is 0. The Kier molecular flexibility index (Phi) is 2.02. The van der Waals surface area contributed by atoms with Crippen LogP contribution in [0.1, 0.15) is 46.0 Å². The predicted molar refractivity (Wildman–Crippen MR) is 53.0 cm³/mol. The molecule has 0 heterocycles. The maximum Gasteiger partial charge on any atom is -0.0107 e. The third-order valence-corrected chi connectivity index (χ3v) is 3.52. The van der Waals surface area contributed by atoms with Crippen molar-refractivity contribution in [3.63, 3.8) is 0 Å². The van der Waals surface area contributed by atoms with Gasteiger partial charge < -0.3 is 0 Å². The Balaban J connectivity index is 1.70. The van der Waals surface area contributed by atoms with Crippen LogP contribution in [0.25, 0.3) is 0 Å². The number of rotatable bonds is 4. The lowest BCUT2D eigenvalue weighted by Gasteiger charge is -2.39. The van der Waals surface area contributed by atoms with E-state index in [1.54, 1.807) is 0 Å². The van der Waals surface area contributed by atoms with Crippen molar-refractivity contribution in [2.45, 2.75) is 46.0 Å². The van der Waals surface area contributed by atoms with E-state index in [1.165, 1.54) is 32.1 Å². The highest BCUT2D eigenvalue weighted by molar-refractivity contribution is 5.20. The summed E-state index contributed by atoms with van der Waals surface area (Å²) < 4.78 is 0. The number of hydrogen-bond donors (Lipinski definition) is 0. The fourth-order valence-corrected chi connectivity index (χ4v) is 2.75. The van der Waals surface area contributed by atoms with E-state index >= 15 is 0 Å². The van der Waals surface area contributed by atoms with Gasteiger partial charge in [0.15, 0.2) is 0 Å². The van der Waals surface area contributed by atoms with E-state index in [-0.39, 0.29) is 0 Å². The van der Waals surface area contributed by atoms with Gasteiger partial charge in [-0.1, -0.05) is 38.8 Å². The lowest BCUT2D eigenvalue weighted by molar-refractivity contribution is 0.155. The van der Waals surface area contributed by atoms with Gasteiger partial charge in [-0.15, -0.1) is 0 Å². The highest BCUT2D eigenvalue weighted by Gasteiger charge is 2.44. The molecule has 1 saturated carbocycles. The highest BCUT2D eigenvalue weighted by atomic mass is 14.5. The van der Waals surface area contributed by atoms with E-state index < -0.39 is 0 Å². The van der Waals surface area contributed by atoms with Crippen molar-refractivity contribution in [2.75, 3.05) is 0 Å². The Morgan fingerprint density at radius 2 is 2.17 bits per heavy atom. The van der Waals surface area contributed by atoms with Crippen molar-refractivity contribution in [1.82, 2.24) is 0 Å². The van der Waals surface area contributed by atoms with E-state index in [1.807, 2.05) is 0 Å². The van der Waals surface area contributed by atoms with Crippen LogP contribution >= 0.6 is 0 Å². The Bertz CT molecular complexity index is 182. The molecule has 0 atom stereocenters. The molecule has 0 amide bonds. The van der Waals surface area contributed by atoms with E-state index in [9.17, 15) is 0 Å². The standard InChI is InChI=1S/C12H20/c1-10(2)4-3-6-12-7-5-11(8-12)9-12/h5,7,10-11H,3-4,6,8-9H2,1-2H3. The van der Waals surface area contributed by atoms with Gasteiger partial charge in [0.05, 0.1) is 0 Å². The van der Waals surface area contributed by atoms with Crippen LogP contribution in [-0.2, 0) is 0 Å². The van der Waals surface area contributed by atoms with E-state index in [4.69, 9.17) is 0 Å². The summed E-state index contributed by atoms with van der Waals surface area (Å²) in [5.41, 5.74) is 0.694. The van der Waals surface area contributed by atoms with Crippen LogP contribution in [0.3, 0.4) is 0 Å². The zero-order valence-corrected chi connectivity index (χ0v) is 8.34. The van der Waals surface area contributed by atoms with Gasteiger partial charge in [-0.25, -0.2) is 0 Å². The van der Waals surface area contributed by atoms with Gasteiger partial charge in [0.2, 0.25) is 0 Å². The van der Waals surface area contributed by atoms with Gasteiger partial charge in [-0.3, -0.25) is 0 Å². The molecule has 0 aromatic rings. The molecule has 0 unspecified atom stereocenters. The van der Waals surface area contributed by atoms with Gasteiger partial charge in [0.1, 0.15) is 0 Å². The second kappa shape index (κ2) is 2.90. The minimum atomic E-state index is 0.694. The van der Waals surface area contributed by atoms with Crippen molar-refractivity contribution < 1.29 is 0 Å². The summed E-state index contributed by atoms with van der Waals surface area (Å²) in [4.78, 5) is 0. The largest absolute Gasteiger partial charge is 0.0848 e. The molecule has 2 bridgehead atoms. The van der Waals surface area contributed by atoms with Gasteiger partial charge >= 0.3 is 0 Å². The van der Waals surface area contributed by atoms with Gasteiger partial charge in [-0.05, 0) is 36.5 Å². The predicted octanol–water partition coefficient (Wildman–Crippen LogP) is 3.78. The second-order valence-electron chi connectivity index (χ2n) is 5.18. The number of allylic oxidation sites excluding steroid dienone is 2. The van der Waals surface area contributed by atoms with Crippen molar-refractivity contribution >= 4 is 0 Å². The molecule has 0 nitrogen and oxygen atoms in total. The SMILES string of the molecule is CC(C)CCCC12C=CC(C1)C2. The molecule has 3 aliphatic rings. The lowest BCUT2D eigenvalue weighted by Crippen LogP contribution is -2.28. The molecular formula is C12H20. The van der Waals surface area contributed by atoms with Crippen molar-refractivity contribution in [2.24, 2.45) is 17.3 Å². The Hall–Kier alpha value is -0.260. The van der Waals surface area contributed by atoms with Crippen molar-refractivity contribution in [3.05, 3.63) is 12.2 Å². The van der Waals surface area contributed by atoms with Crippen LogP contribution in [0.5, 0.6) is 0 Å². The van der Waals surface area contributed by atoms with Gasteiger partial charge in [0.25, 0.3) is 0 Å². The Morgan fingerprint density at radius 3 is 2.67 bits per heavy atom. The first-order valence-electron chi connectivity index (χ1n) is 5.40. The van der Waals surface area contributed by atoms with Crippen molar-refractivity contribution in [3.8, 4) is 0 Å². The van der Waals surface area contributed by atoms with Gasteiger partial charge in [-0.2, -0.15) is 0 Å². The van der Waals surface area contributed by atoms with E-state index in [0.29, 0.717) is 5.41 Å². The minimum Gasteiger partial charge on any atom is -0.0848 e. The smallest absolute Gasteiger partial charge is 0.0107 e. The first-order valence-corrected chi connectivity index (χ1v) is 5.40. The summed E-state index contributed by atoms with van der Waals surface area (Å²) in [6.45, 7) is 4.65. The monoisotopic (exact) mass is 164 g/mol. The molecule has 0 saturated heterocycles. The maximum absolute atomic E-state index is 2.50. The summed E-state index contributed by atoms with van der Waals surface area (Å²) in [6.07, 6.45) is 12.2. The number of hydrogen-bond acceptors (Lipinski definition) is 0. The zero-order valence-electron chi connectivity index (χ0n) is 8.34. The average molecular weight is 164 g/mol. The van der Waals surface area contributed by atoms with Crippen LogP contribution in [-0.4, -0.2) is 0 Å². The summed E-state index contributed by atoms with van der Waals surface area (Å²) >= 11 is 0. The summed E-state index contributed by atoms with van der Waals surface area (Å²) in [6, 6.07) is 0. The van der Waals surface area contributed by atoms with Crippen LogP contribution < -0.4 is 0 Å². The molecular weight excluding hydrogens is 144 g/mol. The molecule has 68 valence electrons. The van der Waals surface area contributed by atoms with Crippen LogP contribution in [0.15, 0.2) is 12.2 Å². The molecule has 0 aliphatic heterocycles. The maximum atomic E-state index is 2.50. The molecule has 12 heavy (non-hydrogen) atoms. The average Bonchev–Trinajstić information content (AvgIpc) is 2.43. The van der Waals surface area contributed by atoms with Crippen LogP contribution in [0.4, 0.5) is 0 Å². The molecule has 0 heteroatoms. The molecule has 0 radical (unpaired) electrons. The quantitative estimate of drug-likeness (QED) is 0.555. The topological polar surface area (TPSA) is 0 Å². The second-order valence-corrected chi connectivity index (χ2v) is 5.18. The first kappa shape index (κ1) is 8.34. The molecule has 0 aromatic heterocycles. The molecule has 0 N–H and O–H groups in total. The first-order chi connectivity index (χ1) is 5.70. The van der Waals surface area contributed by atoms with Gasteiger partial charge in [0, 0.05) is 0 Å². The normalized spacial score (nSPS) is 37.4. The van der Waals surface area contributed by atoms with E-state index in [0.717, 1.165) is 11.8 Å². The molecule has 0 aromatic carbocycles. The molecule has 1 fully saturated rings. The van der Waals surface area contributed by atoms with Crippen molar-refractivity contribution in [1.29, 1.82) is 0 Å². The zero-order chi connectivity index (χ0) is 8.60. The van der Waals surface area contributed by atoms with Crippen LogP contribution in [0, 0.1) is 17.3 Å². The third kappa shape index (κ3) is 1.44. The Labute approximate surface area is 76.1 Å². The molecule has 3 aliphatic carbocycles. The third-order valence-electron chi connectivity index (χ3n) is 3.52. The fraction of sp³-hybridized carbons (Fsp3) is 0.833. The van der Waals surface area contributed by atoms with E-state index in [2.05, 4.69) is 26.0 Å². The molecule has 0 spiro atoms. The summed E-state index contributed by atoms with van der Waals surface area (Å²) in [5, 5.41) is 0. The highest BCUT2D eigenvalue weighted by Crippen LogP contribution is 2.56. The molecule has 3 rings (SSSR count). The lowest BCUT2D eigenvalue weighted by atomic mass is 9.66. The Morgan fingerprint density at radius 1 is 1.42 bits per heavy atom. The fourth-order valence-electron chi connectivity index (χ4n) is 2.75. The van der Waals surface area contributed by atoms with Crippen LogP contribution in [0.2, 0.25) is 0 Å². The summed E-state index contributed by atoms with van der Waals surface area (Å²) in [5.74, 6) is 1.87. The minimum absolute atomic E-state index is 0.694.